The summed E-state index contributed by atoms with van der Waals surface area (Å²) in [5, 5.41) is 0. The minimum atomic E-state index is -0.275. The summed E-state index contributed by atoms with van der Waals surface area (Å²) in [5.74, 6) is 0.904. The van der Waals surface area contributed by atoms with Gasteiger partial charge in [-0.05, 0) is 61.6 Å². The summed E-state index contributed by atoms with van der Waals surface area (Å²) in [6, 6.07) is 7.99. The molecule has 1 saturated carbocycles. The predicted molar refractivity (Wildman–Crippen MR) is 95.8 cm³/mol. The first kappa shape index (κ1) is 18.0. The summed E-state index contributed by atoms with van der Waals surface area (Å²) in [4.78, 5) is 12.7. The van der Waals surface area contributed by atoms with Crippen molar-refractivity contribution in [1.82, 2.24) is 0 Å². The Morgan fingerprint density at radius 3 is 2.17 bits per heavy atom. The number of esters is 1. The van der Waals surface area contributed by atoms with Crippen LogP contribution < -0.4 is 0 Å². The van der Waals surface area contributed by atoms with E-state index in [-0.39, 0.29) is 11.6 Å². The van der Waals surface area contributed by atoms with Crippen molar-refractivity contribution in [2.24, 2.45) is 5.92 Å². The molecule has 1 fully saturated rings. The number of carbonyl (C=O) groups is 1. The van der Waals surface area contributed by atoms with E-state index in [1.54, 1.807) is 0 Å². The van der Waals surface area contributed by atoms with Gasteiger partial charge in [0.15, 0.2) is 0 Å². The van der Waals surface area contributed by atoms with Crippen molar-refractivity contribution in [3.05, 3.63) is 35.4 Å². The van der Waals surface area contributed by atoms with Gasteiger partial charge in [-0.2, -0.15) is 0 Å². The Hall–Kier alpha value is -1.31. The van der Waals surface area contributed by atoms with Crippen molar-refractivity contribution < 1.29 is 9.53 Å². The Labute approximate surface area is 141 Å². The van der Waals surface area contributed by atoms with Crippen LogP contribution in [0.3, 0.4) is 0 Å². The SMILES string of the molecule is CCC(C)c1ccc(C(=O)OC(CC)(CC)C2CCCC2)cc1. The van der Waals surface area contributed by atoms with Crippen molar-refractivity contribution >= 4 is 5.97 Å². The van der Waals surface area contributed by atoms with E-state index in [1.165, 1.54) is 31.2 Å². The van der Waals surface area contributed by atoms with Gasteiger partial charge in [0.1, 0.15) is 5.60 Å². The zero-order valence-corrected chi connectivity index (χ0v) is 15.2. The molecule has 0 heterocycles. The lowest BCUT2D eigenvalue weighted by Gasteiger charge is -2.37. The molecule has 0 radical (unpaired) electrons. The molecule has 1 aromatic rings. The first-order valence-electron chi connectivity index (χ1n) is 9.39. The fourth-order valence-electron chi connectivity index (χ4n) is 3.93. The maximum atomic E-state index is 12.7. The van der Waals surface area contributed by atoms with E-state index in [0.29, 0.717) is 17.4 Å². The van der Waals surface area contributed by atoms with Gasteiger partial charge in [0, 0.05) is 0 Å². The van der Waals surface area contributed by atoms with Gasteiger partial charge >= 0.3 is 5.97 Å². The first-order valence-corrected chi connectivity index (χ1v) is 9.39. The number of ether oxygens (including phenoxy) is 1. The summed E-state index contributed by atoms with van der Waals surface area (Å²) in [6.07, 6.45) is 7.86. The van der Waals surface area contributed by atoms with Crippen molar-refractivity contribution in [3.8, 4) is 0 Å². The van der Waals surface area contributed by atoms with Crippen molar-refractivity contribution in [1.29, 1.82) is 0 Å². The molecule has 0 amide bonds. The minimum absolute atomic E-state index is 0.156. The van der Waals surface area contributed by atoms with Crippen LogP contribution in [0.4, 0.5) is 0 Å². The lowest BCUT2D eigenvalue weighted by molar-refractivity contribution is -0.0554. The Bertz CT molecular complexity index is 493. The molecule has 0 N–H and O–H groups in total. The van der Waals surface area contributed by atoms with E-state index in [4.69, 9.17) is 4.74 Å². The molecule has 1 aliphatic carbocycles. The zero-order valence-electron chi connectivity index (χ0n) is 15.2. The van der Waals surface area contributed by atoms with Crippen LogP contribution in [0, 0.1) is 5.92 Å². The molecule has 0 aromatic heterocycles. The number of benzene rings is 1. The van der Waals surface area contributed by atoms with E-state index in [2.05, 4.69) is 39.8 Å². The topological polar surface area (TPSA) is 26.3 Å². The molecule has 1 aliphatic rings. The molecule has 2 nitrogen and oxygen atoms in total. The third-order valence-electron chi connectivity index (χ3n) is 5.92. The Balaban J connectivity index is 2.12. The van der Waals surface area contributed by atoms with Gasteiger partial charge in [-0.3, -0.25) is 0 Å². The van der Waals surface area contributed by atoms with Crippen LogP contribution >= 0.6 is 0 Å². The summed E-state index contributed by atoms with van der Waals surface area (Å²) in [6.45, 7) is 8.71. The molecule has 2 heteroatoms. The summed E-state index contributed by atoms with van der Waals surface area (Å²) >= 11 is 0. The number of hydrogen-bond donors (Lipinski definition) is 0. The lowest BCUT2D eigenvalue weighted by Crippen LogP contribution is -2.40. The van der Waals surface area contributed by atoms with Crippen LogP contribution in [0.5, 0.6) is 0 Å². The van der Waals surface area contributed by atoms with Gasteiger partial charge < -0.3 is 4.74 Å². The van der Waals surface area contributed by atoms with Crippen molar-refractivity contribution in [3.63, 3.8) is 0 Å². The largest absolute Gasteiger partial charge is 0.455 e. The predicted octanol–water partition coefficient (Wildman–Crippen LogP) is 6.11. The monoisotopic (exact) mass is 316 g/mol. The van der Waals surface area contributed by atoms with Crippen LogP contribution in [-0.4, -0.2) is 11.6 Å². The highest BCUT2D eigenvalue weighted by molar-refractivity contribution is 5.89. The third-order valence-corrected chi connectivity index (χ3v) is 5.92. The van der Waals surface area contributed by atoms with Crippen LogP contribution in [0.15, 0.2) is 24.3 Å². The van der Waals surface area contributed by atoms with Gasteiger partial charge in [0.2, 0.25) is 0 Å². The summed E-state index contributed by atoms with van der Waals surface area (Å²) in [7, 11) is 0. The molecule has 2 rings (SSSR count). The maximum Gasteiger partial charge on any atom is 0.338 e. The van der Waals surface area contributed by atoms with E-state index in [0.717, 1.165) is 19.3 Å². The molecule has 0 spiro atoms. The third kappa shape index (κ3) is 3.97. The van der Waals surface area contributed by atoms with Crippen LogP contribution in [-0.2, 0) is 4.74 Å². The highest BCUT2D eigenvalue weighted by atomic mass is 16.6. The molecule has 1 unspecified atom stereocenters. The average Bonchev–Trinajstić information content (AvgIpc) is 3.14. The first-order chi connectivity index (χ1) is 11.1. The van der Waals surface area contributed by atoms with Gasteiger partial charge in [-0.1, -0.05) is 52.7 Å². The van der Waals surface area contributed by atoms with Gasteiger partial charge in [-0.15, -0.1) is 0 Å². The fourth-order valence-corrected chi connectivity index (χ4v) is 3.93. The molecule has 1 atom stereocenters. The Morgan fingerprint density at radius 2 is 1.70 bits per heavy atom. The van der Waals surface area contributed by atoms with E-state index in [1.807, 2.05) is 12.1 Å². The number of carbonyl (C=O) groups excluding carboxylic acids is 1. The van der Waals surface area contributed by atoms with E-state index < -0.39 is 0 Å². The second-order valence-electron chi connectivity index (χ2n) is 7.07. The quantitative estimate of drug-likeness (QED) is 0.568. The molecular formula is C21H32O2. The smallest absolute Gasteiger partial charge is 0.338 e. The Morgan fingerprint density at radius 1 is 1.13 bits per heavy atom. The van der Waals surface area contributed by atoms with E-state index >= 15 is 0 Å². The van der Waals surface area contributed by atoms with Crippen molar-refractivity contribution in [2.75, 3.05) is 0 Å². The fraction of sp³-hybridized carbons (Fsp3) is 0.667. The molecule has 0 bridgehead atoms. The molecule has 128 valence electrons. The summed E-state index contributed by atoms with van der Waals surface area (Å²) < 4.78 is 6.09. The summed E-state index contributed by atoms with van der Waals surface area (Å²) in [5.41, 5.74) is 1.70. The molecular weight excluding hydrogens is 284 g/mol. The van der Waals surface area contributed by atoms with Gasteiger partial charge in [-0.25, -0.2) is 4.79 Å². The van der Waals surface area contributed by atoms with Crippen LogP contribution in [0.1, 0.15) is 94.5 Å². The zero-order chi connectivity index (χ0) is 16.9. The number of rotatable bonds is 7. The van der Waals surface area contributed by atoms with Gasteiger partial charge in [0.05, 0.1) is 5.56 Å². The maximum absolute atomic E-state index is 12.7. The highest BCUT2D eigenvalue weighted by Gasteiger charge is 2.40. The standard InChI is InChI=1S/C21H32O2/c1-5-16(4)17-12-14-18(15-13-17)20(22)23-21(6-2,7-3)19-10-8-9-11-19/h12-16,19H,5-11H2,1-4H3. The molecule has 1 aromatic carbocycles. The van der Waals surface area contributed by atoms with Crippen LogP contribution in [0.25, 0.3) is 0 Å². The molecule has 0 aliphatic heterocycles. The molecule has 0 saturated heterocycles. The highest BCUT2D eigenvalue weighted by Crippen LogP contribution is 2.41. The van der Waals surface area contributed by atoms with Crippen LogP contribution in [0.2, 0.25) is 0 Å². The van der Waals surface area contributed by atoms with Crippen molar-refractivity contribution in [2.45, 2.75) is 84.2 Å². The minimum Gasteiger partial charge on any atom is -0.455 e. The number of hydrogen-bond acceptors (Lipinski definition) is 2. The second-order valence-corrected chi connectivity index (χ2v) is 7.07. The average molecular weight is 316 g/mol. The van der Waals surface area contributed by atoms with E-state index in [9.17, 15) is 4.79 Å². The Kier molecular flexibility index (Phi) is 6.26. The second kappa shape index (κ2) is 7.99. The van der Waals surface area contributed by atoms with Gasteiger partial charge in [0.25, 0.3) is 0 Å². The molecule has 23 heavy (non-hydrogen) atoms. The lowest BCUT2D eigenvalue weighted by atomic mass is 9.81. The normalized spacial score (nSPS) is 17.2.